The molecular weight excluding hydrogens is 338 g/mol. The van der Waals surface area contributed by atoms with Gasteiger partial charge in [-0.1, -0.05) is 11.2 Å². The maximum absolute atomic E-state index is 12.6. The van der Waals surface area contributed by atoms with Gasteiger partial charge in [0, 0.05) is 32.1 Å². The summed E-state index contributed by atoms with van der Waals surface area (Å²) in [5, 5.41) is 6.71. The van der Waals surface area contributed by atoms with Crippen LogP contribution in [0.25, 0.3) is 0 Å². The van der Waals surface area contributed by atoms with E-state index in [2.05, 4.69) is 20.4 Å². The first-order valence-electron chi connectivity index (χ1n) is 7.64. The molecule has 1 fully saturated rings. The van der Waals surface area contributed by atoms with Gasteiger partial charge in [0.05, 0.1) is 0 Å². The molecule has 0 unspecified atom stereocenters. The van der Waals surface area contributed by atoms with Gasteiger partial charge in [-0.05, 0) is 6.07 Å². The van der Waals surface area contributed by atoms with Crippen LogP contribution in [0.1, 0.15) is 29.2 Å². The van der Waals surface area contributed by atoms with E-state index in [1.165, 1.54) is 24.6 Å². The number of ether oxygens (including phenoxy) is 2. The fraction of sp³-hybridized carbons (Fsp3) is 0.467. The Morgan fingerprint density at radius 1 is 1.36 bits per heavy atom. The topological polar surface area (TPSA) is 99.4 Å². The minimum atomic E-state index is -2.62. The van der Waals surface area contributed by atoms with Crippen LogP contribution in [-0.2, 0) is 10.3 Å². The highest BCUT2D eigenvalue weighted by atomic mass is 19.3. The first kappa shape index (κ1) is 17.2. The van der Waals surface area contributed by atoms with E-state index in [4.69, 9.17) is 14.0 Å². The molecule has 1 amide bonds. The van der Waals surface area contributed by atoms with Crippen molar-refractivity contribution in [2.75, 3.05) is 19.8 Å². The van der Waals surface area contributed by atoms with E-state index in [1.807, 2.05) is 0 Å². The van der Waals surface area contributed by atoms with Crippen LogP contribution in [0.4, 0.5) is 8.78 Å². The second-order valence-electron chi connectivity index (χ2n) is 5.47. The molecule has 0 bridgehead atoms. The van der Waals surface area contributed by atoms with Gasteiger partial charge in [0.2, 0.25) is 12.3 Å². The monoisotopic (exact) mass is 354 g/mol. The van der Waals surface area contributed by atoms with E-state index in [1.54, 1.807) is 0 Å². The van der Waals surface area contributed by atoms with Gasteiger partial charge in [-0.3, -0.25) is 4.79 Å². The molecule has 1 N–H and O–H groups in total. The van der Waals surface area contributed by atoms with Crippen molar-refractivity contribution < 1.29 is 27.6 Å². The van der Waals surface area contributed by atoms with Crippen molar-refractivity contribution in [3.8, 4) is 5.88 Å². The lowest BCUT2D eigenvalue weighted by Gasteiger charge is -2.35. The number of amides is 1. The van der Waals surface area contributed by atoms with Gasteiger partial charge in [0.1, 0.15) is 11.2 Å². The number of pyridine rings is 1. The molecule has 10 heteroatoms. The van der Waals surface area contributed by atoms with E-state index in [-0.39, 0.29) is 11.6 Å². The third kappa shape index (κ3) is 4.08. The molecule has 25 heavy (non-hydrogen) atoms. The summed E-state index contributed by atoms with van der Waals surface area (Å²) in [7, 11) is 0. The minimum absolute atomic E-state index is 0.0427. The number of hydrogen-bond donors (Lipinski definition) is 1. The number of halogens is 2. The van der Waals surface area contributed by atoms with E-state index in [0.29, 0.717) is 31.9 Å². The maximum atomic E-state index is 12.6. The van der Waals surface area contributed by atoms with Gasteiger partial charge in [-0.25, -0.2) is 13.8 Å². The predicted molar refractivity (Wildman–Crippen MR) is 79.2 cm³/mol. The Kier molecular flexibility index (Phi) is 5.17. The Labute approximate surface area is 141 Å². The summed E-state index contributed by atoms with van der Waals surface area (Å²) in [5.74, 6) is -0.183. The number of hydrogen-bond acceptors (Lipinski definition) is 7. The van der Waals surface area contributed by atoms with Gasteiger partial charge in [0.15, 0.2) is 12.4 Å². The number of alkyl halides is 2. The molecule has 3 rings (SSSR count). The standard InChI is InChI=1S/C15H16F2N4O4/c16-11(17)8-24-12-3-1-2-10(19-12)13(22)20-15(4-6-23-7-5-15)14-18-9-25-21-14/h1-3,9,11H,4-8H2,(H,20,22). The highest BCUT2D eigenvalue weighted by Crippen LogP contribution is 2.30. The Balaban J connectivity index is 1.77. The van der Waals surface area contributed by atoms with E-state index < -0.39 is 24.5 Å². The maximum Gasteiger partial charge on any atom is 0.272 e. The van der Waals surface area contributed by atoms with Crippen LogP contribution in [0.15, 0.2) is 29.1 Å². The zero-order valence-electron chi connectivity index (χ0n) is 13.2. The highest BCUT2D eigenvalue weighted by Gasteiger charge is 2.40. The first-order valence-corrected chi connectivity index (χ1v) is 7.64. The van der Waals surface area contributed by atoms with E-state index >= 15 is 0 Å². The third-order valence-electron chi connectivity index (χ3n) is 3.80. The van der Waals surface area contributed by atoms with Crippen molar-refractivity contribution in [1.29, 1.82) is 0 Å². The summed E-state index contributed by atoms with van der Waals surface area (Å²) in [6, 6.07) is 4.38. The van der Waals surface area contributed by atoms with Crippen molar-refractivity contribution >= 4 is 5.91 Å². The van der Waals surface area contributed by atoms with Gasteiger partial charge >= 0.3 is 0 Å². The van der Waals surface area contributed by atoms with Crippen LogP contribution in [-0.4, -0.2) is 47.3 Å². The number of carbonyl (C=O) groups is 1. The van der Waals surface area contributed by atoms with Crippen LogP contribution in [0, 0.1) is 0 Å². The normalized spacial score (nSPS) is 16.6. The summed E-state index contributed by atoms with van der Waals surface area (Å²) >= 11 is 0. The number of aromatic nitrogens is 3. The fourth-order valence-electron chi connectivity index (χ4n) is 2.56. The quantitative estimate of drug-likeness (QED) is 0.840. The van der Waals surface area contributed by atoms with E-state index in [9.17, 15) is 13.6 Å². The molecule has 0 spiro atoms. The molecule has 1 aliphatic heterocycles. The Bertz CT molecular complexity index is 705. The molecule has 2 aromatic heterocycles. The molecule has 0 aliphatic carbocycles. The number of rotatable bonds is 6. The number of nitrogens with zero attached hydrogens (tertiary/aromatic N) is 3. The first-order chi connectivity index (χ1) is 12.1. The Hall–Kier alpha value is -2.62. The summed E-state index contributed by atoms with van der Waals surface area (Å²) in [6.45, 7) is 0.0712. The lowest BCUT2D eigenvalue weighted by molar-refractivity contribution is 0.0304. The summed E-state index contributed by atoms with van der Waals surface area (Å²) in [6.07, 6.45) is -0.488. The minimum Gasteiger partial charge on any atom is -0.472 e. The summed E-state index contributed by atoms with van der Waals surface area (Å²) in [5.41, 5.74) is -0.787. The third-order valence-corrected chi connectivity index (χ3v) is 3.80. The van der Waals surface area contributed by atoms with Crippen LogP contribution in [0.3, 0.4) is 0 Å². The Morgan fingerprint density at radius 3 is 2.84 bits per heavy atom. The van der Waals surface area contributed by atoms with Crippen LogP contribution >= 0.6 is 0 Å². The molecule has 1 saturated heterocycles. The molecule has 134 valence electrons. The fourth-order valence-corrected chi connectivity index (χ4v) is 2.56. The largest absolute Gasteiger partial charge is 0.472 e. The second kappa shape index (κ2) is 7.51. The van der Waals surface area contributed by atoms with Crippen LogP contribution in [0.2, 0.25) is 0 Å². The Morgan fingerprint density at radius 2 is 2.16 bits per heavy atom. The van der Waals surface area contributed by atoms with E-state index in [0.717, 1.165) is 0 Å². The molecule has 3 heterocycles. The van der Waals surface area contributed by atoms with Gasteiger partial charge in [-0.15, -0.1) is 0 Å². The van der Waals surface area contributed by atoms with Crippen molar-refractivity contribution in [2.24, 2.45) is 0 Å². The number of nitrogens with one attached hydrogen (secondary N) is 1. The average molecular weight is 354 g/mol. The molecule has 0 radical (unpaired) electrons. The highest BCUT2D eigenvalue weighted by molar-refractivity contribution is 5.93. The van der Waals surface area contributed by atoms with Crippen LogP contribution < -0.4 is 10.1 Å². The lowest BCUT2D eigenvalue weighted by Crippen LogP contribution is -2.50. The van der Waals surface area contributed by atoms with Gasteiger partial charge in [-0.2, -0.15) is 4.98 Å². The molecule has 0 saturated carbocycles. The SMILES string of the molecule is O=C(NC1(c2ncon2)CCOCC1)c1cccc(OCC(F)F)n1. The predicted octanol–water partition coefficient (Wildman–Crippen LogP) is 1.54. The zero-order chi connectivity index (χ0) is 17.7. The van der Waals surface area contributed by atoms with Crippen molar-refractivity contribution in [3.63, 3.8) is 0 Å². The van der Waals surface area contributed by atoms with Crippen LogP contribution in [0.5, 0.6) is 5.88 Å². The molecule has 1 aliphatic rings. The molecular formula is C15H16F2N4O4. The molecule has 8 nitrogen and oxygen atoms in total. The lowest BCUT2D eigenvalue weighted by atomic mass is 9.89. The average Bonchev–Trinajstić information content (AvgIpc) is 3.16. The smallest absolute Gasteiger partial charge is 0.272 e. The molecule has 0 aromatic carbocycles. The van der Waals surface area contributed by atoms with Crippen molar-refractivity contribution in [3.05, 3.63) is 36.1 Å². The summed E-state index contributed by atoms with van der Waals surface area (Å²) < 4.78 is 39.4. The molecule has 2 aromatic rings. The zero-order valence-corrected chi connectivity index (χ0v) is 13.2. The summed E-state index contributed by atoms with van der Waals surface area (Å²) in [4.78, 5) is 20.6. The van der Waals surface area contributed by atoms with Gasteiger partial charge in [0.25, 0.3) is 12.3 Å². The second-order valence-corrected chi connectivity index (χ2v) is 5.47. The van der Waals surface area contributed by atoms with Crippen molar-refractivity contribution in [1.82, 2.24) is 20.4 Å². The molecule has 0 atom stereocenters. The number of carbonyl (C=O) groups excluding carboxylic acids is 1. The van der Waals surface area contributed by atoms with Gasteiger partial charge < -0.3 is 19.3 Å². The van der Waals surface area contributed by atoms with Crippen molar-refractivity contribution in [2.45, 2.75) is 24.8 Å².